The summed E-state index contributed by atoms with van der Waals surface area (Å²) in [6, 6.07) is 0. The predicted octanol–water partition coefficient (Wildman–Crippen LogP) is 1.88. The largest absolute Gasteiger partial charge is 0.370 e. The molecule has 0 saturated carbocycles. The topological polar surface area (TPSA) is 60.2 Å². The lowest BCUT2D eigenvalue weighted by Gasteiger charge is -2.27. The van der Waals surface area contributed by atoms with E-state index in [9.17, 15) is 0 Å². The van der Waals surface area contributed by atoms with Crippen molar-refractivity contribution < 1.29 is 9.26 Å². The summed E-state index contributed by atoms with van der Waals surface area (Å²) in [4.78, 5) is 4.47. The van der Waals surface area contributed by atoms with Crippen LogP contribution in [0.3, 0.4) is 0 Å². The van der Waals surface area contributed by atoms with E-state index in [0.29, 0.717) is 18.3 Å². The molecule has 0 aromatic carbocycles. The lowest BCUT2D eigenvalue weighted by Crippen LogP contribution is -2.40. The normalized spacial score (nSPS) is 19.1. The fraction of sp³-hybridized carbons (Fsp3) is 0.833. The molecular formula is C12H21N3O2. The van der Waals surface area contributed by atoms with Gasteiger partial charge in [-0.3, -0.25) is 0 Å². The molecule has 17 heavy (non-hydrogen) atoms. The minimum Gasteiger partial charge on any atom is -0.370 e. The lowest BCUT2D eigenvalue weighted by atomic mass is 9.88. The van der Waals surface area contributed by atoms with Crippen molar-refractivity contribution >= 4 is 0 Å². The second-order valence-electron chi connectivity index (χ2n) is 5.55. The van der Waals surface area contributed by atoms with Crippen LogP contribution in [0.15, 0.2) is 4.52 Å². The zero-order valence-corrected chi connectivity index (χ0v) is 11.0. The molecule has 1 aliphatic rings. The van der Waals surface area contributed by atoms with E-state index in [1.807, 2.05) is 6.92 Å². The molecule has 1 aliphatic heterocycles. The molecule has 2 rings (SSSR count). The zero-order valence-electron chi connectivity index (χ0n) is 11.0. The van der Waals surface area contributed by atoms with Crippen LogP contribution < -0.4 is 5.32 Å². The van der Waals surface area contributed by atoms with E-state index in [1.165, 1.54) is 0 Å². The Labute approximate surface area is 102 Å². The van der Waals surface area contributed by atoms with Gasteiger partial charge in [0, 0.05) is 19.7 Å². The molecular weight excluding hydrogens is 218 g/mol. The summed E-state index contributed by atoms with van der Waals surface area (Å²) in [7, 11) is 0. The summed E-state index contributed by atoms with van der Waals surface area (Å²) in [5.41, 5.74) is -0.0327. The Balaban J connectivity index is 2.15. The van der Waals surface area contributed by atoms with Gasteiger partial charge < -0.3 is 14.6 Å². The minimum absolute atomic E-state index is 0.0327. The minimum atomic E-state index is -0.113. The van der Waals surface area contributed by atoms with Gasteiger partial charge in [-0.2, -0.15) is 4.98 Å². The standard InChI is InChI=1S/C12H21N3O2/c1-5-16-9(12(2,3)4)10-14-11(17-15-10)8-6-13-7-8/h8-9,13H,5-7H2,1-4H3. The Morgan fingerprint density at radius 2 is 2.18 bits per heavy atom. The first-order valence-electron chi connectivity index (χ1n) is 6.18. The molecule has 0 bridgehead atoms. The van der Waals surface area contributed by atoms with Gasteiger partial charge in [0.15, 0.2) is 0 Å². The molecule has 1 aromatic heterocycles. The summed E-state index contributed by atoms with van der Waals surface area (Å²) in [6.45, 7) is 10.8. The van der Waals surface area contributed by atoms with E-state index >= 15 is 0 Å². The number of aromatic nitrogens is 2. The average molecular weight is 239 g/mol. The smallest absolute Gasteiger partial charge is 0.232 e. The van der Waals surface area contributed by atoms with Gasteiger partial charge in [0.1, 0.15) is 6.10 Å². The van der Waals surface area contributed by atoms with Crippen molar-refractivity contribution in [2.24, 2.45) is 5.41 Å². The maximum atomic E-state index is 5.74. The van der Waals surface area contributed by atoms with E-state index < -0.39 is 0 Å². The van der Waals surface area contributed by atoms with Crippen LogP contribution >= 0.6 is 0 Å². The fourth-order valence-electron chi connectivity index (χ4n) is 1.86. The number of hydrogen-bond donors (Lipinski definition) is 1. The molecule has 1 unspecified atom stereocenters. The third kappa shape index (κ3) is 2.66. The van der Waals surface area contributed by atoms with Gasteiger partial charge in [0.05, 0.1) is 5.92 Å². The molecule has 1 saturated heterocycles. The van der Waals surface area contributed by atoms with Crippen LogP contribution in [0.1, 0.15) is 51.4 Å². The molecule has 0 aliphatic carbocycles. The molecule has 0 radical (unpaired) electrons. The number of nitrogens with one attached hydrogen (secondary N) is 1. The summed E-state index contributed by atoms with van der Waals surface area (Å²) < 4.78 is 11.0. The monoisotopic (exact) mass is 239 g/mol. The Kier molecular flexibility index (Phi) is 3.49. The highest BCUT2D eigenvalue weighted by molar-refractivity contribution is 5.03. The molecule has 0 spiro atoms. The quantitative estimate of drug-likeness (QED) is 0.869. The number of nitrogens with zero attached hydrogens (tertiary/aromatic N) is 2. The highest BCUT2D eigenvalue weighted by Crippen LogP contribution is 2.35. The molecule has 5 nitrogen and oxygen atoms in total. The molecule has 96 valence electrons. The van der Waals surface area contributed by atoms with Crippen molar-refractivity contribution in [2.45, 2.75) is 39.7 Å². The third-order valence-electron chi connectivity index (χ3n) is 2.94. The van der Waals surface area contributed by atoms with Crippen molar-refractivity contribution in [3.8, 4) is 0 Å². The summed E-state index contributed by atoms with van der Waals surface area (Å²) >= 11 is 0. The van der Waals surface area contributed by atoms with Crippen LogP contribution in [0.4, 0.5) is 0 Å². The van der Waals surface area contributed by atoms with Crippen molar-refractivity contribution in [1.82, 2.24) is 15.5 Å². The Bertz CT molecular complexity index is 366. The van der Waals surface area contributed by atoms with E-state index in [0.717, 1.165) is 19.0 Å². The highest BCUT2D eigenvalue weighted by atomic mass is 16.5. The van der Waals surface area contributed by atoms with Crippen molar-refractivity contribution in [1.29, 1.82) is 0 Å². The summed E-state index contributed by atoms with van der Waals surface area (Å²) in [5, 5.41) is 7.26. The van der Waals surface area contributed by atoms with E-state index in [-0.39, 0.29) is 11.5 Å². The van der Waals surface area contributed by atoms with Gasteiger partial charge in [-0.1, -0.05) is 25.9 Å². The highest BCUT2D eigenvalue weighted by Gasteiger charge is 2.33. The summed E-state index contributed by atoms with van der Waals surface area (Å²) in [6.07, 6.45) is -0.113. The predicted molar refractivity (Wildman–Crippen MR) is 63.7 cm³/mol. The van der Waals surface area contributed by atoms with Crippen LogP contribution in [-0.4, -0.2) is 29.8 Å². The van der Waals surface area contributed by atoms with Gasteiger partial charge in [-0.15, -0.1) is 0 Å². The second-order valence-corrected chi connectivity index (χ2v) is 5.55. The van der Waals surface area contributed by atoms with Gasteiger partial charge in [-0.05, 0) is 12.3 Å². The van der Waals surface area contributed by atoms with E-state index in [2.05, 4.69) is 36.2 Å². The van der Waals surface area contributed by atoms with Crippen molar-refractivity contribution in [2.75, 3.05) is 19.7 Å². The first-order valence-corrected chi connectivity index (χ1v) is 6.18. The third-order valence-corrected chi connectivity index (χ3v) is 2.94. The molecule has 0 amide bonds. The van der Waals surface area contributed by atoms with Crippen LogP contribution in [0.2, 0.25) is 0 Å². The van der Waals surface area contributed by atoms with Gasteiger partial charge in [0.2, 0.25) is 11.7 Å². The average Bonchev–Trinajstić information content (AvgIpc) is 2.58. The van der Waals surface area contributed by atoms with Gasteiger partial charge in [-0.25, -0.2) is 0 Å². The SMILES string of the molecule is CCOC(c1noc(C2CNC2)n1)C(C)(C)C. The van der Waals surface area contributed by atoms with Crippen molar-refractivity contribution in [3.05, 3.63) is 11.7 Å². The van der Waals surface area contributed by atoms with Crippen molar-refractivity contribution in [3.63, 3.8) is 0 Å². The molecule has 1 fully saturated rings. The van der Waals surface area contributed by atoms with Crippen LogP contribution in [0.5, 0.6) is 0 Å². The zero-order chi connectivity index (χ0) is 12.5. The first-order chi connectivity index (χ1) is 8.02. The van der Waals surface area contributed by atoms with Gasteiger partial charge in [0.25, 0.3) is 0 Å². The number of rotatable bonds is 4. The first kappa shape index (κ1) is 12.5. The molecule has 1 aromatic rings. The van der Waals surface area contributed by atoms with Crippen LogP contribution in [0, 0.1) is 5.41 Å². The maximum Gasteiger partial charge on any atom is 0.232 e. The molecule has 5 heteroatoms. The van der Waals surface area contributed by atoms with Crippen LogP contribution in [0.25, 0.3) is 0 Å². The number of hydrogen-bond acceptors (Lipinski definition) is 5. The van der Waals surface area contributed by atoms with E-state index in [1.54, 1.807) is 0 Å². The maximum absolute atomic E-state index is 5.74. The number of ether oxygens (including phenoxy) is 1. The second kappa shape index (κ2) is 4.74. The van der Waals surface area contributed by atoms with Crippen LogP contribution in [-0.2, 0) is 4.74 Å². The van der Waals surface area contributed by atoms with E-state index in [4.69, 9.17) is 9.26 Å². The summed E-state index contributed by atoms with van der Waals surface area (Å²) in [5.74, 6) is 1.77. The molecule has 1 N–H and O–H groups in total. The molecule has 1 atom stereocenters. The lowest BCUT2D eigenvalue weighted by molar-refractivity contribution is -0.0203. The Hall–Kier alpha value is -0.940. The fourth-order valence-corrected chi connectivity index (χ4v) is 1.86. The Morgan fingerprint density at radius 3 is 2.65 bits per heavy atom. The Morgan fingerprint density at radius 1 is 1.47 bits per heavy atom. The molecule has 2 heterocycles. The van der Waals surface area contributed by atoms with Gasteiger partial charge >= 0.3 is 0 Å².